The van der Waals surface area contributed by atoms with Gasteiger partial charge in [-0.2, -0.15) is 4.98 Å². The van der Waals surface area contributed by atoms with Crippen molar-refractivity contribution in [2.45, 2.75) is 63.9 Å². The molecule has 0 saturated carbocycles. The molecule has 6 aromatic rings. The van der Waals surface area contributed by atoms with Crippen molar-refractivity contribution in [3.63, 3.8) is 0 Å². The minimum atomic E-state index is -1.29. The Morgan fingerprint density at radius 2 is 1.81 bits per heavy atom. The Kier molecular flexibility index (Phi) is 6.79. The molecule has 12 nitrogen and oxygen atoms in total. The van der Waals surface area contributed by atoms with E-state index in [0.29, 0.717) is 23.0 Å². The number of rotatable bonds is 4. The summed E-state index contributed by atoms with van der Waals surface area (Å²) in [6, 6.07) is 16.3. The molecule has 3 aromatic heterocycles. The number of carbonyl (C=O) groups excluding carboxylic acids is 2. The number of H-pyrrole nitrogens is 1. The van der Waals surface area contributed by atoms with Crippen LogP contribution >= 0.6 is 11.6 Å². The third kappa shape index (κ3) is 4.39. The van der Waals surface area contributed by atoms with Gasteiger partial charge >= 0.3 is 0 Å². The normalized spacial score (nSPS) is 22.4. The summed E-state index contributed by atoms with van der Waals surface area (Å²) in [6.07, 6.45) is 0.0551. The van der Waals surface area contributed by atoms with Crippen molar-refractivity contribution in [2.24, 2.45) is 11.8 Å². The quantitative estimate of drug-likeness (QED) is 0.137. The van der Waals surface area contributed by atoms with E-state index in [-0.39, 0.29) is 35.2 Å². The molecule has 5 N–H and O–H groups in total. The number of ether oxygens (including phenoxy) is 1. The summed E-state index contributed by atoms with van der Waals surface area (Å²) in [6.45, 7) is 7.39. The predicted molar refractivity (Wildman–Crippen MR) is 196 cm³/mol. The number of anilines is 1. The molecule has 13 heteroatoms. The van der Waals surface area contributed by atoms with Gasteiger partial charge in [-0.1, -0.05) is 81.8 Å². The molecule has 2 amide bonds. The maximum Gasteiger partial charge on any atom is 0.250 e. The Labute approximate surface area is 308 Å². The number of hydrogen-bond donors (Lipinski definition) is 5. The SMILES string of the molecule is CC(C)[C@H](O)C(=O)N[C@H]1Cc2ccc3c(c2)[C@]24c5cccc(c5NC2O3)-c2cccc3[nH]cc(c23)-c2oc(nc2Cl)-c2nc(oc24)[C@H](C(C)C)NC1=O. The van der Waals surface area contributed by atoms with Crippen molar-refractivity contribution >= 4 is 40.0 Å². The first-order chi connectivity index (χ1) is 25.5. The summed E-state index contributed by atoms with van der Waals surface area (Å²) in [5.41, 5.74) is 6.11. The number of aliphatic hydroxyl groups excluding tert-OH is 1. The summed E-state index contributed by atoms with van der Waals surface area (Å²) in [5.74, 6) is 0.198. The van der Waals surface area contributed by atoms with Crippen LogP contribution in [0.4, 0.5) is 5.69 Å². The maximum absolute atomic E-state index is 14.2. The van der Waals surface area contributed by atoms with E-state index in [0.717, 1.165) is 50.0 Å². The number of nitrogens with zero attached hydrogens (tertiary/aromatic N) is 2. The van der Waals surface area contributed by atoms with Gasteiger partial charge in [-0.3, -0.25) is 9.59 Å². The van der Waals surface area contributed by atoms with Crippen LogP contribution in [0, 0.1) is 11.8 Å². The lowest BCUT2D eigenvalue weighted by molar-refractivity contribution is -0.135. The van der Waals surface area contributed by atoms with E-state index in [9.17, 15) is 14.7 Å². The van der Waals surface area contributed by atoms with Gasteiger partial charge in [0.15, 0.2) is 28.6 Å². The van der Waals surface area contributed by atoms with Gasteiger partial charge in [0.1, 0.15) is 29.4 Å². The van der Waals surface area contributed by atoms with Crippen LogP contribution in [-0.4, -0.2) is 50.2 Å². The summed E-state index contributed by atoms with van der Waals surface area (Å²) < 4.78 is 20.4. The third-order valence-corrected chi connectivity index (χ3v) is 11.4. The molecular weight excluding hydrogens is 696 g/mol. The van der Waals surface area contributed by atoms with Crippen LogP contribution in [0.5, 0.6) is 5.75 Å². The molecule has 10 bridgehead atoms. The van der Waals surface area contributed by atoms with Gasteiger partial charge in [0.2, 0.25) is 17.7 Å². The summed E-state index contributed by atoms with van der Waals surface area (Å²) in [4.78, 5) is 40.6. The molecule has 0 saturated heterocycles. The fourth-order valence-electron chi connectivity index (χ4n) is 8.46. The smallest absolute Gasteiger partial charge is 0.250 e. The van der Waals surface area contributed by atoms with Crippen LogP contribution in [0.25, 0.3) is 44.9 Å². The fraction of sp³-hybridized carbons (Fsp3) is 0.300. The first kappa shape index (κ1) is 32.1. The molecular formula is C40H35ClN6O6. The highest BCUT2D eigenvalue weighted by Crippen LogP contribution is 2.61. The number of hydrogen-bond acceptors (Lipinski definition) is 9. The number of halogens is 1. The molecule has 0 fully saturated rings. The minimum Gasteiger partial charge on any atom is -0.469 e. The third-order valence-electron chi connectivity index (χ3n) is 11.1. The Balaban J connectivity index is 1.29. The average molecular weight is 731 g/mol. The number of amides is 2. The molecule has 1 unspecified atom stereocenters. The largest absolute Gasteiger partial charge is 0.469 e. The fourth-order valence-corrected chi connectivity index (χ4v) is 8.68. The van der Waals surface area contributed by atoms with E-state index in [4.69, 9.17) is 35.1 Å². The average Bonchev–Trinajstić information content (AvgIpc) is 3.95. The monoisotopic (exact) mass is 730 g/mol. The van der Waals surface area contributed by atoms with Crippen LogP contribution in [0.15, 0.2) is 69.6 Å². The van der Waals surface area contributed by atoms with Crippen molar-refractivity contribution < 1.29 is 28.3 Å². The number of para-hydroxylation sites is 1. The lowest BCUT2D eigenvalue weighted by Crippen LogP contribution is -2.52. The van der Waals surface area contributed by atoms with E-state index < -0.39 is 41.6 Å². The van der Waals surface area contributed by atoms with E-state index in [1.807, 2.05) is 56.4 Å². The van der Waals surface area contributed by atoms with Gasteiger partial charge in [-0.25, -0.2) is 4.98 Å². The second-order valence-corrected chi connectivity index (χ2v) is 15.4. The molecule has 10 rings (SSSR count). The van der Waals surface area contributed by atoms with Crippen LogP contribution in [0.1, 0.15) is 62.1 Å². The van der Waals surface area contributed by atoms with Gasteiger partial charge in [-0.05, 0) is 35.1 Å². The van der Waals surface area contributed by atoms with Gasteiger partial charge in [0.25, 0.3) is 5.89 Å². The lowest BCUT2D eigenvalue weighted by atomic mass is 9.72. The zero-order valence-corrected chi connectivity index (χ0v) is 30.0. The van der Waals surface area contributed by atoms with Crippen LogP contribution < -0.4 is 20.7 Å². The highest BCUT2D eigenvalue weighted by molar-refractivity contribution is 6.32. The first-order valence-electron chi connectivity index (χ1n) is 17.8. The Hall–Kier alpha value is -5.59. The molecule has 4 aliphatic heterocycles. The summed E-state index contributed by atoms with van der Waals surface area (Å²) in [5, 5.41) is 21.4. The van der Waals surface area contributed by atoms with Crippen LogP contribution in [-0.2, 0) is 21.4 Å². The van der Waals surface area contributed by atoms with Gasteiger partial charge in [-0.15, -0.1) is 0 Å². The minimum absolute atomic E-state index is 0.151. The number of carbonyl (C=O) groups is 2. The zero-order valence-electron chi connectivity index (χ0n) is 29.2. The number of oxazole rings is 2. The second kappa shape index (κ2) is 11.2. The molecule has 3 aromatic carbocycles. The molecule has 0 aliphatic carbocycles. The van der Waals surface area contributed by atoms with Crippen molar-refractivity contribution in [2.75, 3.05) is 5.32 Å². The number of nitrogens with one attached hydrogen (secondary N) is 4. The molecule has 268 valence electrons. The van der Waals surface area contributed by atoms with Crippen molar-refractivity contribution in [3.8, 4) is 39.8 Å². The highest BCUT2D eigenvalue weighted by Gasteiger charge is 2.61. The van der Waals surface area contributed by atoms with E-state index >= 15 is 0 Å². The highest BCUT2D eigenvalue weighted by atomic mass is 35.5. The number of benzene rings is 3. The summed E-state index contributed by atoms with van der Waals surface area (Å²) >= 11 is 6.93. The van der Waals surface area contributed by atoms with Crippen molar-refractivity contribution in [1.82, 2.24) is 25.6 Å². The molecule has 1 spiro atoms. The number of aliphatic hydroxyl groups is 1. The molecule has 5 atom stereocenters. The molecule has 53 heavy (non-hydrogen) atoms. The Morgan fingerprint density at radius 3 is 2.62 bits per heavy atom. The first-order valence-corrected chi connectivity index (χ1v) is 18.2. The topological polar surface area (TPSA) is 168 Å². The maximum atomic E-state index is 14.2. The molecule has 0 radical (unpaired) electrons. The molecule has 7 heterocycles. The molecule has 4 aliphatic rings. The predicted octanol–water partition coefficient (Wildman–Crippen LogP) is 6.46. The zero-order chi connectivity index (χ0) is 36.5. The lowest BCUT2D eigenvalue weighted by Gasteiger charge is -2.29. The second-order valence-electron chi connectivity index (χ2n) is 15.0. The van der Waals surface area contributed by atoms with Crippen LogP contribution in [0.2, 0.25) is 5.15 Å². The number of aromatic nitrogens is 3. The van der Waals surface area contributed by atoms with E-state index in [2.05, 4.69) is 39.1 Å². The Morgan fingerprint density at radius 1 is 1.00 bits per heavy atom. The van der Waals surface area contributed by atoms with Gasteiger partial charge in [0, 0.05) is 51.5 Å². The standard InChI is InChI=1S/C40H35ClN6O6/c1-16(2)28-37-45-30-33(53-37)40-22-9-5-8-20(19-7-6-10-24-27(19)21(15-42-24)32-34(41)47-38(30)52-32)29(22)46-39(40)51-26-12-11-18(13-23(26)40)14-25(35(49)44-28)43-36(50)31(48)17(3)4/h5-13,15-17,25,28,31,39,42,46,48H,14H2,1-4H3,(H,43,50)(H,44,49)/t25-,28-,31-,39?,40-/m0/s1. The Bertz CT molecular complexity index is 2530. The van der Waals surface area contributed by atoms with Crippen LogP contribution in [0.3, 0.4) is 0 Å². The van der Waals surface area contributed by atoms with E-state index in [1.165, 1.54) is 0 Å². The number of fused-ring (bicyclic) bond motifs is 7. The van der Waals surface area contributed by atoms with Crippen molar-refractivity contribution in [3.05, 3.63) is 94.3 Å². The summed E-state index contributed by atoms with van der Waals surface area (Å²) in [7, 11) is 0. The van der Waals surface area contributed by atoms with Crippen molar-refractivity contribution in [1.29, 1.82) is 0 Å². The van der Waals surface area contributed by atoms with Gasteiger partial charge < -0.3 is 39.6 Å². The van der Waals surface area contributed by atoms with Gasteiger partial charge in [0.05, 0.1) is 0 Å². The number of aromatic amines is 1. The van der Waals surface area contributed by atoms with E-state index in [1.54, 1.807) is 13.8 Å².